The van der Waals surface area contributed by atoms with Gasteiger partial charge in [0.05, 0.1) is 0 Å². The van der Waals surface area contributed by atoms with Gasteiger partial charge in [0, 0.05) is 24.3 Å². The summed E-state index contributed by atoms with van der Waals surface area (Å²) < 4.78 is 0.975. The minimum Gasteiger partial charge on any atom is -0.618 e. The summed E-state index contributed by atoms with van der Waals surface area (Å²) in [5.41, 5.74) is 3.39. The Balaban J connectivity index is 1.48. The van der Waals surface area contributed by atoms with E-state index in [1.54, 1.807) is 0 Å². The zero-order valence-corrected chi connectivity index (χ0v) is 17.0. The smallest absolute Gasteiger partial charge is 0.217 e. The lowest BCUT2D eigenvalue weighted by Crippen LogP contribution is -2.33. The van der Waals surface area contributed by atoms with Gasteiger partial charge in [-0.2, -0.15) is 4.73 Å². The fraction of sp³-hybridized carbons (Fsp3) is 0. The summed E-state index contributed by atoms with van der Waals surface area (Å²) in [6, 6.07) is 34.5. The lowest BCUT2D eigenvalue weighted by Gasteiger charge is -2.05. The molecule has 5 rings (SSSR count). The van der Waals surface area contributed by atoms with Gasteiger partial charge in [-0.3, -0.25) is 0 Å². The van der Waals surface area contributed by atoms with Crippen molar-refractivity contribution in [1.29, 1.82) is 0 Å². The van der Waals surface area contributed by atoms with E-state index in [2.05, 4.69) is 48.5 Å². The molecule has 5 aromatic rings. The SMILES string of the molecule is [O-][n+]1c(C=Cc2cccc3ccccc23)cccc1C=Cc1cccc2ccccc12. The Morgan fingerprint density at radius 1 is 0.452 bits per heavy atom. The van der Waals surface area contributed by atoms with Crippen LogP contribution in [0.25, 0.3) is 45.8 Å². The van der Waals surface area contributed by atoms with E-state index < -0.39 is 0 Å². The van der Waals surface area contributed by atoms with E-state index in [1.165, 1.54) is 21.5 Å². The molecule has 0 aliphatic carbocycles. The maximum Gasteiger partial charge on any atom is 0.217 e. The first-order valence-corrected chi connectivity index (χ1v) is 10.3. The van der Waals surface area contributed by atoms with E-state index in [0.717, 1.165) is 15.9 Å². The highest BCUT2D eigenvalue weighted by molar-refractivity contribution is 5.93. The van der Waals surface area contributed by atoms with Crippen LogP contribution in [-0.4, -0.2) is 0 Å². The number of benzene rings is 4. The molecule has 0 radical (unpaired) electrons. The number of hydrogen-bond donors (Lipinski definition) is 0. The van der Waals surface area contributed by atoms with Crippen molar-refractivity contribution < 1.29 is 4.73 Å². The minimum absolute atomic E-state index is 0.605. The molecule has 0 aliphatic rings. The van der Waals surface area contributed by atoms with Crippen LogP contribution in [0, 0.1) is 5.21 Å². The summed E-state index contributed by atoms with van der Waals surface area (Å²) in [6.45, 7) is 0. The summed E-state index contributed by atoms with van der Waals surface area (Å²) in [4.78, 5) is 0. The van der Waals surface area contributed by atoms with Gasteiger partial charge in [0.2, 0.25) is 11.4 Å². The van der Waals surface area contributed by atoms with E-state index in [1.807, 2.05) is 78.9 Å². The van der Waals surface area contributed by atoms with Gasteiger partial charge in [-0.15, -0.1) is 0 Å². The van der Waals surface area contributed by atoms with Crippen LogP contribution >= 0.6 is 0 Å². The quantitative estimate of drug-likeness (QED) is 0.237. The monoisotopic (exact) mass is 399 g/mol. The van der Waals surface area contributed by atoms with Crippen molar-refractivity contribution in [2.24, 2.45) is 0 Å². The first kappa shape index (κ1) is 18.8. The largest absolute Gasteiger partial charge is 0.618 e. The molecule has 0 unspecified atom stereocenters. The predicted molar refractivity (Wildman–Crippen MR) is 131 cm³/mol. The van der Waals surface area contributed by atoms with Crippen molar-refractivity contribution in [2.45, 2.75) is 0 Å². The summed E-state index contributed by atoms with van der Waals surface area (Å²) >= 11 is 0. The van der Waals surface area contributed by atoms with Gasteiger partial charge in [0.1, 0.15) is 0 Å². The van der Waals surface area contributed by atoms with Gasteiger partial charge in [-0.05, 0) is 50.9 Å². The highest BCUT2D eigenvalue weighted by Gasteiger charge is 2.07. The number of pyridine rings is 1. The maximum atomic E-state index is 13.0. The average molecular weight is 399 g/mol. The van der Waals surface area contributed by atoms with Gasteiger partial charge in [0.25, 0.3) is 0 Å². The van der Waals surface area contributed by atoms with Crippen molar-refractivity contribution in [3.63, 3.8) is 0 Å². The Kier molecular flexibility index (Phi) is 5.04. The van der Waals surface area contributed by atoms with E-state index in [4.69, 9.17) is 0 Å². The fourth-order valence-corrected chi connectivity index (χ4v) is 3.92. The standard InChI is InChI=1S/C29H21NO/c31-30-26(20-18-24-12-5-10-22-8-1-3-16-28(22)24)14-7-15-27(30)21-19-25-13-6-11-23-9-2-4-17-29(23)25/h1-21H. The molecule has 4 aromatic carbocycles. The third kappa shape index (κ3) is 3.84. The average Bonchev–Trinajstić information content (AvgIpc) is 2.82. The number of nitrogens with zero attached hydrogens (tertiary/aromatic N) is 1. The lowest BCUT2D eigenvalue weighted by molar-refractivity contribution is -0.609. The Morgan fingerprint density at radius 2 is 0.871 bits per heavy atom. The molecule has 1 aromatic heterocycles. The Morgan fingerprint density at radius 3 is 1.39 bits per heavy atom. The molecule has 148 valence electrons. The third-order valence-corrected chi connectivity index (χ3v) is 5.52. The van der Waals surface area contributed by atoms with Crippen LogP contribution in [0.15, 0.2) is 103 Å². The molecular formula is C29H21NO. The summed E-state index contributed by atoms with van der Waals surface area (Å²) in [5, 5.41) is 17.7. The second-order valence-electron chi connectivity index (χ2n) is 7.47. The normalized spacial score (nSPS) is 11.7. The van der Waals surface area contributed by atoms with Crippen molar-refractivity contribution in [1.82, 2.24) is 0 Å². The highest BCUT2D eigenvalue weighted by atomic mass is 16.5. The molecule has 31 heavy (non-hydrogen) atoms. The molecule has 0 saturated heterocycles. The molecule has 0 saturated carbocycles. The van der Waals surface area contributed by atoms with Crippen LogP contribution in [0.1, 0.15) is 22.5 Å². The van der Waals surface area contributed by atoms with E-state index in [0.29, 0.717) is 11.4 Å². The molecule has 0 aliphatic heterocycles. The highest BCUT2D eigenvalue weighted by Crippen LogP contribution is 2.21. The molecule has 2 heteroatoms. The Labute approximate surface area is 181 Å². The van der Waals surface area contributed by atoms with Crippen LogP contribution in [-0.2, 0) is 0 Å². The molecule has 0 N–H and O–H groups in total. The molecule has 0 spiro atoms. The van der Waals surface area contributed by atoms with Gasteiger partial charge in [0.15, 0.2) is 0 Å². The predicted octanol–water partition coefficient (Wildman–Crippen LogP) is 6.97. The van der Waals surface area contributed by atoms with Crippen molar-refractivity contribution >= 4 is 45.8 Å². The topological polar surface area (TPSA) is 26.9 Å². The molecule has 0 bridgehead atoms. The van der Waals surface area contributed by atoms with E-state index >= 15 is 0 Å². The second kappa shape index (κ2) is 8.29. The van der Waals surface area contributed by atoms with Crippen molar-refractivity contribution in [3.8, 4) is 0 Å². The van der Waals surface area contributed by atoms with Crippen LogP contribution in [0.4, 0.5) is 0 Å². The van der Waals surface area contributed by atoms with Gasteiger partial charge in [-0.1, -0.05) is 84.9 Å². The number of rotatable bonds is 4. The third-order valence-electron chi connectivity index (χ3n) is 5.52. The first-order chi connectivity index (χ1) is 15.3. The van der Waals surface area contributed by atoms with Crippen molar-refractivity contribution in [3.05, 3.63) is 131 Å². The van der Waals surface area contributed by atoms with E-state index in [-0.39, 0.29) is 0 Å². The molecule has 0 fully saturated rings. The Bertz CT molecular complexity index is 1330. The van der Waals surface area contributed by atoms with Gasteiger partial charge >= 0.3 is 0 Å². The van der Waals surface area contributed by atoms with Crippen LogP contribution in [0.3, 0.4) is 0 Å². The summed E-state index contributed by atoms with van der Waals surface area (Å²) in [7, 11) is 0. The molecule has 0 atom stereocenters. The zero-order chi connectivity index (χ0) is 21.0. The molecule has 0 amide bonds. The number of hydrogen-bond acceptors (Lipinski definition) is 1. The maximum absolute atomic E-state index is 13.0. The zero-order valence-electron chi connectivity index (χ0n) is 17.0. The summed E-state index contributed by atoms with van der Waals surface area (Å²) in [5.74, 6) is 0. The lowest BCUT2D eigenvalue weighted by atomic mass is 10.0. The molecule has 2 nitrogen and oxygen atoms in total. The van der Waals surface area contributed by atoms with E-state index in [9.17, 15) is 5.21 Å². The fourth-order valence-electron chi connectivity index (χ4n) is 3.92. The summed E-state index contributed by atoms with van der Waals surface area (Å²) in [6.07, 6.45) is 7.77. The number of fused-ring (bicyclic) bond motifs is 2. The molecule has 1 heterocycles. The van der Waals surface area contributed by atoms with Gasteiger partial charge < -0.3 is 5.21 Å². The van der Waals surface area contributed by atoms with Gasteiger partial charge in [-0.25, -0.2) is 0 Å². The Hall–Kier alpha value is -4.17. The van der Waals surface area contributed by atoms with Crippen molar-refractivity contribution in [2.75, 3.05) is 0 Å². The molecular weight excluding hydrogens is 378 g/mol. The van der Waals surface area contributed by atoms with Crippen LogP contribution in [0.2, 0.25) is 0 Å². The first-order valence-electron chi connectivity index (χ1n) is 10.3. The van der Waals surface area contributed by atoms with Crippen LogP contribution < -0.4 is 4.73 Å². The number of aromatic nitrogens is 1. The minimum atomic E-state index is 0.605. The second-order valence-corrected chi connectivity index (χ2v) is 7.47. The van der Waals surface area contributed by atoms with Crippen LogP contribution in [0.5, 0.6) is 0 Å².